The normalized spacial score (nSPS) is 18.2. The van der Waals surface area contributed by atoms with Gasteiger partial charge in [0.05, 0.1) is 48.8 Å². The number of aromatic nitrogens is 4. The first-order valence-corrected chi connectivity index (χ1v) is 12.7. The van der Waals surface area contributed by atoms with Crippen LogP contribution in [0.4, 0.5) is 20.4 Å². The first-order valence-electron chi connectivity index (χ1n) is 11.9. The number of hydrogen-bond donors (Lipinski definition) is 1. The largest absolute Gasteiger partial charge is 0.378 e. The summed E-state index contributed by atoms with van der Waals surface area (Å²) in [5, 5.41) is 9.08. The van der Waals surface area contributed by atoms with Crippen molar-refractivity contribution in [1.82, 2.24) is 24.6 Å². The van der Waals surface area contributed by atoms with E-state index in [0.717, 1.165) is 60.6 Å². The van der Waals surface area contributed by atoms with E-state index in [1.54, 1.807) is 20.0 Å². The minimum Gasteiger partial charge on any atom is -0.378 e. The standard InChI is InChI=1S/C24H28Cl2F2N6O2/c1-24(2,36-22(27)28)13-34-21(26)20(10-30-34)32-23-29-9-15-7-18(25)17(8-19(15)31-23)14-3-5-33(6-4-14)16-11-35-12-16/h7-10,14,16,22H,3-6,11-13H2,1-2H3,(H,29,31,32). The van der Waals surface area contributed by atoms with E-state index >= 15 is 0 Å². The number of nitrogens with one attached hydrogen (secondary N) is 1. The van der Waals surface area contributed by atoms with E-state index in [9.17, 15) is 8.78 Å². The molecule has 0 unspecified atom stereocenters. The second-order valence-corrected chi connectivity index (χ2v) is 10.7. The molecule has 3 aromatic rings. The third kappa shape index (κ3) is 5.57. The van der Waals surface area contributed by atoms with E-state index in [1.807, 2.05) is 12.1 Å². The molecule has 4 heterocycles. The molecular weight excluding hydrogens is 513 g/mol. The number of piperidine rings is 1. The van der Waals surface area contributed by atoms with Gasteiger partial charge in [-0.1, -0.05) is 23.2 Å². The molecule has 8 nitrogen and oxygen atoms in total. The molecule has 0 aliphatic carbocycles. The summed E-state index contributed by atoms with van der Waals surface area (Å²) in [4.78, 5) is 11.5. The van der Waals surface area contributed by atoms with Crippen LogP contribution in [0, 0.1) is 0 Å². The molecule has 2 aliphatic rings. The van der Waals surface area contributed by atoms with Crippen LogP contribution in [0.25, 0.3) is 10.9 Å². The number of alkyl halides is 2. The smallest absolute Gasteiger partial charge is 0.345 e. The molecule has 1 N–H and O–H groups in total. The number of halogens is 4. The second kappa shape index (κ2) is 10.3. The molecule has 2 aromatic heterocycles. The van der Waals surface area contributed by atoms with Crippen molar-refractivity contribution in [3.63, 3.8) is 0 Å². The fourth-order valence-electron chi connectivity index (χ4n) is 4.77. The van der Waals surface area contributed by atoms with Crippen molar-refractivity contribution in [2.75, 3.05) is 31.6 Å². The van der Waals surface area contributed by atoms with Gasteiger partial charge >= 0.3 is 6.61 Å². The predicted molar refractivity (Wildman–Crippen MR) is 134 cm³/mol. The number of ether oxygens (including phenoxy) is 2. The maximum absolute atomic E-state index is 12.7. The number of anilines is 2. The van der Waals surface area contributed by atoms with Crippen molar-refractivity contribution in [2.24, 2.45) is 0 Å². The van der Waals surface area contributed by atoms with Crippen molar-refractivity contribution >= 4 is 45.7 Å². The average Bonchev–Trinajstić information content (AvgIpc) is 3.10. The summed E-state index contributed by atoms with van der Waals surface area (Å²) in [7, 11) is 0. The van der Waals surface area contributed by atoms with E-state index < -0.39 is 12.2 Å². The van der Waals surface area contributed by atoms with Crippen molar-refractivity contribution in [1.29, 1.82) is 0 Å². The van der Waals surface area contributed by atoms with Gasteiger partial charge in [-0.2, -0.15) is 13.9 Å². The van der Waals surface area contributed by atoms with E-state index in [-0.39, 0.29) is 11.7 Å². The van der Waals surface area contributed by atoms with Gasteiger partial charge in [0.2, 0.25) is 5.95 Å². The number of benzene rings is 1. The van der Waals surface area contributed by atoms with Gasteiger partial charge in [-0.3, -0.25) is 4.90 Å². The van der Waals surface area contributed by atoms with Crippen LogP contribution in [-0.2, 0) is 16.0 Å². The summed E-state index contributed by atoms with van der Waals surface area (Å²) < 4.78 is 36.7. The van der Waals surface area contributed by atoms with Crippen LogP contribution in [0.3, 0.4) is 0 Å². The lowest BCUT2D eigenvalue weighted by Gasteiger charge is -2.41. The zero-order valence-electron chi connectivity index (χ0n) is 20.1. The highest BCUT2D eigenvalue weighted by Crippen LogP contribution is 2.36. The maximum Gasteiger partial charge on any atom is 0.345 e. The molecule has 5 rings (SSSR count). The Morgan fingerprint density at radius 1 is 1.19 bits per heavy atom. The van der Waals surface area contributed by atoms with Gasteiger partial charge in [0.1, 0.15) is 0 Å². The van der Waals surface area contributed by atoms with Crippen molar-refractivity contribution in [3.05, 3.63) is 40.3 Å². The topological polar surface area (TPSA) is 77.3 Å². The lowest BCUT2D eigenvalue weighted by atomic mass is 9.88. The molecule has 2 fully saturated rings. The lowest BCUT2D eigenvalue weighted by Crippen LogP contribution is -2.51. The molecule has 2 aliphatic heterocycles. The third-order valence-corrected chi connectivity index (χ3v) is 7.49. The Kier molecular flexibility index (Phi) is 7.33. The van der Waals surface area contributed by atoms with E-state index in [2.05, 4.69) is 30.0 Å². The molecule has 36 heavy (non-hydrogen) atoms. The zero-order chi connectivity index (χ0) is 25.4. The molecule has 1 aromatic carbocycles. The zero-order valence-corrected chi connectivity index (χ0v) is 21.6. The Hall–Kier alpha value is -2.11. The van der Waals surface area contributed by atoms with Crippen LogP contribution < -0.4 is 5.32 Å². The van der Waals surface area contributed by atoms with Gasteiger partial charge in [0, 0.05) is 16.6 Å². The van der Waals surface area contributed by atoms with Crippen LogP contribution in [0.15, 0.2) is 24.5 Å². The molecule has 0 spiro atoms. The average molecular weight is 541 g/mol. The van der Waals surface area contributed by atoms with Crippen molar-refractivity contribution < 1.29 is 18.3 Å². The second-order valence-electron chi connectivity index (χ2n) is 9.90. The number of rotatable bonds is 8. The first-order chi connectivity index (χ1) is 17.2. The molecule has 2 saturated heterocycles. The van der Waals surface area contributed by atoms with Crippen LogP contribution in [0.5, 0.6) is 0 Å². The fourth-order valence-corrected chi connectivity index (χ4v) is 5.30. The van der Waals surface area contributed by atoms with Crippen molar-refractivity contribution in [2.45, 2.75) is 57.4 Å². The lowest BCUT2D eigenvalue weighted by molar-refractivity contribution is -0.201. The number of hydrogen-bond acceptors (Lipinski definition) is 7. The Balaban J connectivity index is 1.31. The number of nitrogens with zero attached hydrogens (tertiary/aromatic N) is 5. The summed E-state index contributed by atoms with van der Waals surface area (Å²) >= 11 is 13.1. The molecule has 194 valence electrons. The SMILES string of the molecule is CC(C)(Cn1ncc(Nc2ncc3cc(Cl)c(C4CCN(C5COC5)CC4)cc3n2)c1Cl)OC(F)F. The van der Waals surface area contributed by atoms with Gasteiger partial charge < -0.3 is 14.8 Å². The van der Waals surface area contributed by atoms with E-state index in [1.165, 1.54) is 10.9 Å². The Bertz CT molecular complexity index is 1230. The van der Waals surface area contributed by atoms with Crippen LogP contribution >= 0.6 is 23.2 Å². The third-order valence-electron chi connectivity index (χ3n) is 6.76. The van der Waals surface area contributed by atoms with Crippen LogP contribution in [0.2, 0.25) is 10.2 Å². The minimum atomic E-state index is -2.89. The quantitative estimate of drug-likeness (QED) is 0.405. The monoisotopic (exact) mass is 540 g/mol. The van der Waals surface area contributed by atoms with E-state index in [4.69, 9.17) is 27.9 Å². The van der Waals surface area contributed by atoms with Crippen molar-refractivity contribution in [3.8, 4) is 0 Å². The molecule has 0 bridgehead atoms. The molecule has 0 saturated carbocycles. The molecule has 12 heteroatoms. The Morgan fingerprint density at radius 3 is 2.61 bits per heavy atom. The minimum absolute atomic E-state index is 0.0465. The highest BCUT2D eigenvalue weighted by atomic mass is 35.5. The highest BCUT2D eigenvalue weighted by molar-refractivity contribution is 6.32. The fraction of sp³-hybridized carbons (Fsp3) is 0.542. The van der Waals surface area contributed by atoms with Gasteiger partial charge in [-0.15, -0.1) is 0 Å². The highest BCUT2D eigenvalue weighted by Gasteiger charge is 2.31. The maximum atomic E-state index is 12.7. The summed E-state index contributed by atoms with van der Waals surface area (Å²) in [6, 6.07) is 4.52. The summed E-state index contributed by atoms with van der Waals surface area (Å²) in [5.74, 6) is 0.720. The summed E-state index contributed by atoms with van der Waals surface area (Å²) in [6.45, 7) is 3.98. The Morgan fingerprint density at radius 2 is 1.94 bits per heavy atom. The number of fused-ring (bicyclic) bond motifs is 1. The van der Waals surface area contributed by atoms with Gasteiger partial charge in [0.15, 0.2) is 5.15 Å². The van der Waals surface area contributed by atoms with Crippen LogP contribution in [-0.4, -0.2) is 69.2 Å². The van der Waals surface area contributed by atoms with Gasteiger partial charge in [-0.05, 0) is 63.4 Å². The summed E-state index contributed by atoms with van der Waals surface area (Å²) in [5.41, 5.74) is 1.19. The molecule has 0 radical (unpaired) electrons. The van der Waals surface area contributed by atoms with Crippen LogP contribution in [0.1, 0.15) is 38.2 Å². The summed E-state index contributed by atoms with van der Waals surface area (Å²) in [6.07, 6.45) is 5.29. The Labute approximate surface area is 217 Å². The van der Waals surface area contributed by atoms with E-state index in [0.29, 0.717) is 23.6 Å². The molecule has 0 amide bonds. The van der Waals surface area contributed by atoms with Gasteiger partial charge in [-0.25, -0.2) is 14.6 Å². The molecule has 0 atom stereocenters. The molecular formula is C24H28Cl2F2N6O2. The van der Waals surface area contributed by atoms with Gasteiger partial charge in [0.25, 0.3) is 0 Å². The first kappa shape index (κ1) is 25.5. The number of likely N-dealkylation sites (tertiary alicyclic amines) is 1. The predicted octanol–water partition coefficient (Wildman–Crippen LogP) is 5.47.